The van der Waals surface area contributed by atoms with Crippen molar-refractivity contribution in [3.8, 4) is 11.1 Å². The molecule has 9 nitrogen and oxygen atoms in total. The van der Waals surface area contributed by atoms with Gasteiger partial charge in [-0.15, -0.1) is 0 Å². The van der Waals surface area contributed by atoms with Crippen molar-refractivity contribution < 1.29 is 8.42 Å². The number of fused-ring (bicyclic) bond motifs is 1. The standard InChI is InChI=1S/C24H21N7O2S/c1-31-16-17(12-28-31)11-27-24-15-26-22-8-7-18(10-23(22)29-24)19-9-20(14-25-13-19)30-34(32,33)21-5-3-2-4-6-21/h2-10,12-16,30H,11H2,1H3,(H,27,29). The topological polar surface area (TPSA) is 115 Å². The average Bonchev–Trinajstić information content (AvgIpc) is 3.28. The lowest BCUT2D eigenvalue weighted by Gasteiger charge is -2.10. The number of hydrogen-bond acceptors (Lipinski definition) is 7. The summed E-state index contributed by atoms with van der Waals surface area (Å²) in [5, 5.41) is 7.42. The van der Waals surface area contributed by atoms with Gasteiger partial charge in [-0.2, -0.15) is 5.10 Å². The van der Waals surface area contributed by atoms with Crippen molar-refractivity contribution in [2.75, 3.05) is 10.0 Å². The maximum Gasteiger partial charge on any atom is 0.261 e. The number of sulfonamides is 1. The fourth-order valence-electron chi connectivity index (χ4n) is 3.50. The van der Waals surface area contributed by atoms with Crippen molar-refractivity contribution in [1.82, 2.24) is 24.7 Å². The van der Waals surface area contributed by atoms with Crippen LogP contribution < -0.4 is 10.0 Å². The van der Waals surface area contributed by atoms with Crippen LogP contribution in [-0.4, -0.2) is 33.2 Å². The molecule has 3 heterocycles. The summed E-state index contributed by atoms with van der Waals surface area (Å²) in [4.78, 5) is 13.6. The van der Waals surface area contributed by atoms with Crippen LogP contribution in [0.15, 0.2) is 90.5 Å². The van der Waals surface area contributed by atoms with Gasteiger partial charge in [0, 0.05) is 37.1 Å². The van der Waals surface area contributed by atoms with E-state index in [0.717, 1.165) is 22.2 Å². The maximum absolute atomic E-state index is 12.7. The molecule has 0 aliphatic heterocycles. The number of rotatable bonds is 7. The van der Waals surface area contributed by atoms with Crippen LogP contribution in [0.1, 0.15) is 5.56 Å². The van der Waals surface area contributed by atoms with E-state index in [9.17, 15) is 8.42 Å². The molecule has 0 fully saturated rings. The second-order valence-electron chi connectivity index (χ2n) is 7.72. The monoisotopic (exact) mass is 471 g/mol. The number of aromatic nitrogens is 5. The molecule has 170 valence electrons. The van der Waals surface area contributed by atoms with Crippen molar-refractivity contribution in [2.45, 2.75) is 11.4 Å². The molecule has 0 atom stereocenters. The van der Waals surface area contributed by atoms with Crippen molar-refractivity contribution in [3.63, 3.8) is 0 Å². The molecule has 34 heavy (non-hydrogen) atoms. The molecule has 5 aromatic rings. The molecule has 0 aliphatic rings. The van der Waals surface area contributed by atoms with Gasteiger partial charge in [-0.3, -0.25) is 19.4 Å². The van der Waals surface area contributed by atoms with E-state index < -0.39 is 10.0 Å². The van der Waals surface area contributed by atoms with Crippen molar-refractivity contribution in [3.05, 3.63) is 91.1 Å². The Hall–Kier alpha value is -4.31. The van der Waals surface area contributed by atoms with E-state index in [4.69, 9.17) is 0 Å². The first-order valence-corrected chi connectivity index (χ1v) is 12.0. The van der Waals surface area contributed by atoms with E-state index in [1.54, 1.807) is 59.7 Å². The van der Waals surface area contributed by atoms with Crippen molar-refractivity contribution in [1.29, 1.82) is 0 Å². The van der Waals surface area contributed by atoms with Crippen LogP contribution in [0.5, 0.6) is 0 Å². The summed E-state index contributed by atoms with van der Waals surface area (Å²) in [6.07, 6.45) is 8.58. The third-order valence-corrected chi connectivity index (χ3v) is 6.55. The summed E-state index contributed by atoms with van der Waals surface area (Å²) < 4.78 is 29.7. The number of hydrogen-bond donors (Lipinski definition) is 2. The van der Waals surface area contributed by atoms with Gasteiger partial charge >= 0.3 is 0 Å². The SMILES string of the molecule is Cn1cc(CNc2cnc3ccc(-c4cncc(NS(=O)(=O)c5ccccc5)c4)cc3n2)cn1. The molecule has 10 heteroatoms. The largest absolute Gasteiger partial charge is 0.365 e. The molecular weight excluding hydrogens is 450 g/mol. The Balaban J connectivity index is 1.39. The Bertz CT molecular complexity index is 1570. The Morgan fingerprint density at radius 3 is 2.56 bits per heavy atom. The van der Waals surface area contributed by atoms with E-state index in [1.807, 2.05) is 31.4 Å². The number of benzene rings is 2. The minimum atomic E-state index is -3.71. The quantitative estimate of drug-likeness (QED) is 0.371. The first-order valence-electron chi connectivity index (χ1n) is 10.5. The highest BCUT2D eigenvalue weighted by Gasteiger charge is 2.14. The number of aryl methyl sites for hydroxylation is 1. The second-order valence-corrected chi connectivity index (χ2v) is 9.40. The van der Waals surface area contributed by atoms with Crippen LogP contribution in [0.4, 0.5) is 11.5 Å². The lowest BCUT2D eigenvalue weighted by atomic mass is 10.1. The lowest BCUT2D eigenvalue weighted by Crippen LogP contribution is -2.12. The lowest BCUT2D eigenvalue weighted by molar-refractivity contribution is 0.601. The van der Waals surface area contributed by atoms with Crippen LogP contribution >= 0.6 is 0 Å². The molecule has 0 amide bonds. The van der Waals surface area contributed by atoms with Crippen LogP contribution in [0.2, 0.25) is 0 Å². The highest BCUT2D eigenvalue weighted by atomic mass is 32.2. The molecule has 0 saturated heterocycles. The Morgan fingerprint density at radius 2 is 1.76 bits per heavy atom. The summed E-state index contributed by atoms with van der Waals surface area (Å²) in [5.74, 6) is 0.649. The minimum absolute atomic E-state index is 0.188. The zero-order valence-corrected chi connectivity index (χ0v) is 19.1. The van der Waals surface area contributed by atoms with Gasteiger partial charge in [-0.1, -0.05) is 24.3 Å². The Labute approximate surface area is 196 Å². The summed E-state index contributed by atoms with van der Waals surface area (Å²) in [5.41, 5.74) is 4.48. The fourth-order valence-corrected chi connectivity index (χ4v) is 4.55. The van der Waals surface area contributed by atoms with E-state index >= 15 is 0 Å². The molecule has 2 N–H and O–H groups in total. The van der Waals surface area contributed by atoms with Gasteiger partial charge in [0.15, 0.2) is 0 Å². The van der Waals surface area contributed by atoms with Gasteiger partial charge in [-0.05, 0) is 35.9 Å². The third kappa shape index (κ3) is 4.71. The maximum atomic E-state index is 12.7. The van der Waals surface area contributed by atoms with Gasteiger partial charge in [-0.25, -0.2) is 13.4 Å². The number of anilines is 2. The first kappa shape index (κ1) is 21.5. The van der Waals surface area contributed by atoms with E-state index in [2.05, 4.69) is 30.1 Å². The summed E-state index contributed by atoms with van der Waals surface area (Å²) in [6.45, 7) is 0.585. The Morgan fingerprint density at radius 1 is 0.912 bits per heavy atom. The zero-order chi connectivity index (χ0) is 23.5. The van der Waals surface area contributed by atoms with Gasteiger partial charge in [0.1, 0.15) is 5.82 Å². The van der Waals surface area contributed by atoms with Crippen LogP contribution in [0, 0.1) is 0 Å². The van der Waals surface area contributed by atoms with Gasteiger partial charge in [0.05, 0.1) is 40.2 Å². The zero-order valence-electron chi connectivity index (χ0n) is 18.3. The molecular formula is C24H21N7O2S. The molecule has 2 aromatic carbocycles. The van der Waals surface area contributed by atoms with Crippen LogP contribution in [-0.2, 0) is 23.6 Å². The molecule has 0 saturated carbocycles. The number of nitrogens with one attached hydrogen (secondary N) is 2. The molecule has 5 rings (SSSR count). The normalized spacial score (nSPS) is 11.4. The Kier molecular flexibility index (Phi) is 5.64. The molecule has 0 unspecified atom stereocenters. The molecule has 0 aliphatic carbocycles. The van der Waals surface area contributed by atoms with E-state index in [1.165, 1.54) is 6.20 Å². The average molecular weight is 472 g/mol. The van der Waals surface area contributed by atoms with Gasteiger partial charge in [0.2, 0.25) is 0 Å². The van der Waals surface area contributed by atoms with Crippen molar-refractivity contribution in [2.24, 2.45) is 7.05 Å². The van der Waals surface area contributed by atoms with Crippen LogP contribution in [0.3, 0.4) is 0 Å². The van der Waals surface area contributed by atoms with Crippen LogP contribution in [0.25, 0.3) is 22.2 Å². The van der Waals surface area contributed by atoms with E-state index in [0.29, 0.717) is 23.6 Å². The molecule has 0 bridgehead atoms. The van der Waals surface area contributed by atoms with Gasteiger partial charge < -0.3 is 5.32 Å². The third-order valence-electron chi connectivity index (χ3n) is 5.15. The molecule has 3 aromatic heterocycles. The predicted molar refractivity (Wildman–Crippen MR) is 131 cm³/mol. The molecule has 0 spiro atoms. The van der Waals surface area contributed by atoms with E-state index in [-0.39, 0.29) is 4.90 Å². The fraction of sp³-hybridized carbons (Fsp3) is 0.0833. The molecule has 0 radical (unpaired) electrons. The summed E-state index contributed by atoms with van der Waals surface area (Å²) in [7, 11) is -1.83. The highest BCUT2D eigenvalue weighted by molar-refractivity contribution is 7.92. The van der Waals surface area contributed by atoms with Crippen molar-refractivity contribution >= 4 is 32.6 Å². The number of pyridine rings is 1. The minimum Gasteiger partial charge on any atom is -0.365 e. The highest BCUT2D eigenvalue weighted by Crippen LogP contribution is 2.26. The first-order chi connectivity index (χ1) is 16.5. The smallest absolute Gasteiger partial charge is 0.261 e. The van der Waals surface area contributed by atoms with Gasteiger partial charge in [0.25, 0.3) is 10.0 Å². The second kappa shape index (κ2) is 8.91. The predicted octanol–water partition coefficient (Wildman–Crippen LogP) is 3.84. The summed E-state index contributed by atoms with van der Waals surface area (Å²) >= 11 is 0. The number of nitrogens with zero attached hydrogens (tertiary/aromatic N) is 5. The summed E-state index contributed by atoms with van der Waals surface area (Å²) in [6, 6.07) is 15.7.